The van der Waals surface area contributed by atoms with Crippen LogP contribution in [-0.2, 0) is 4.74 Å². The molecule has 4 N–H and O–H groups in total. The summed E-state index contributed by atoms with van der Waals surface area (Å²) in [7, 11) is 1.62. The Balaban J connectivity index is 2.60. The number of thiazole rings is 1. The largest absolute Gasteiger partial charge is 0.383 e. The van der Waals surface area contributed by atoms with E-state index >= 15 is 0 Å². The number of nitrogens with two attached hydrogens (primary N) is 1. The zero-order chi connectivity index (χ0) is 13.5. The summed E-state index contributed by atoms with van der Waals surface area (Å²) in [4.78, 5) is 16.3. The van der Waals surface area contributed by atoms with Crippen molar-refractivity contribution in [3.8, 4) is 0 Å². The average molecular weight is 270 g/mol. The topological polar surface area (TPSA) is 89.3 Å². The number of carbonyl (C=O) groups is 1. The van der Waals surface area contributed by atoms with E-state index in [9.17, 15) is 4.79 Å². The van der Waals surface area contributed by atoms with Gasteiger partial charge in [0.25, 0.3) is 5.91 Å². The van der Waals surface area contributed by atoms with Crippen LogP contribution in [0.15, 0.2) is 12.2 Å². The Labute approximate surface area is 110 Å². The molecule has 0 radical (unpaired) electrons. The number of rotatable bonds is 7. The fraction of sp³-hybridized carbons (Fsp3) is 0.455. The van der Waals surface area contributed by atoms with E-state index < -0.39 is 0 Å². The highest BCUT2D eigenvalue weighted by Gasteiger charge is 2.15. The maximum atomic E-state index is 11.8. The zero-order valence-electron chi connectivity index (χ0n) is 10.6. The molecule has 0 aliphatic rings. The van der Waals surface area contributed by atoms with Gasteiger partial charge in [-0.1, -0.05) is 23.5 Å². The van der Waals surface area contributed by atoms with Crippen LogP contribution in [0, 0.1) is 0 Å². The Bertz CT molecular complexity index is 431. The molecule has 1 heterocycles. The summed E-state index contributed by atoms with van der Waals surface area (Å²) in [6, 6.07) is 0. The van der Waals surface area contributed by atoms with Crippen molar-refractivity contribution in [1.82, 2.24) is 10.3 Å². The highest BCUT2D eigenvalue weighted by Crippen LogP contribution is 2.24. The van der Waals surface area contributed by atoms with Gasteiger partial charge in [-0.25, -0.2) is 4.98 Å². The van der Waals surface area contributed by atoms with Crippen molar-refractivity contribution in [2.75, 3.05) is 37.9 Å². The molecule has 0 bridgehead atoms. The number of ether oxygens (including phenoxy) is 1. The molecule has 6 nitrogen and oxygen atoms in total. The van der Waals surface area contributed by atoms with Gasteiger partial charge in [0.1, 0.15) is 10.7 Å². The molecule has 100 valence electrons. The average Bonchev–Trinajstić information content (AvgIpc) is 2.68. The van der Waals surface area contributed by atoms with E-state index in [2.05, 4.69) is 22.2 Å². The number of hydrogen-bond donors (Lipinski definition) is 3. The minimum absolute atomic E-state index is 0.229. The Morgan fingerprint density at radius 2 is 2.33 bits per heavy atom. The molecule has 0 unspecified atom stereocenters. The van der Waals surface area contributed by atoms with Crippen molar-refractivity contribution in [3.63, 3.8) is 0 Å². The van der Waals surface area contributed by atoms with Crippen LogP contribution in [0.1, 0.15) is 16.6 Å². The second-order valence-corrected chi connectivity index (χ2v) is 4.79. The molecule has 0 aliphatic carbocycles. The van der Waals surface area contributed by atoms with Crippen molar-refractivity contribution < 1.29 is 9.53 Å². The van der Waals surface area contributed by atoms with Crippen molar-refractivity contribution in [2.45, 2.75) is 6.92 Å². The van der Waals surface area contributed by atoms with E-state index in [0.29, 0.717) is 29.7 Å². The lowest BCUT2D eigenvalue weighted by molar-refractivity contribution is 0.0961. The molecule has 0 fully saturated rings. The van der Waals surface area contributed by atoms with E-state index in [0.717, 1.165) is 5.57 Å². The van der Waals surface area contributed by atoms with Crippen LogP contribution in [0.2, 0.25) is 0 Å². The van der Waals surface area contributed by atoms with E-state index in [1.807, 2.05) is 6.92 Å². The molecule has 18 heavy (non-hydrogen) atoms. The summed E-state index contributed by atoms with van der Waals surface area (Å²) in [6.07, 6.45) is 0. The smallest absolute Gasteiger partial charge is 0.265 e. The molecule has 1 rings (SSSR count). The first-order chi connectivity index (χ1) is 8.54. The number of aromatic nitrogens is 1. The second kappa shape index (κ2) is 6.97. The molecule has 1 aromatic rings. The number of methoxy groups -OCH3 is 1. The lowest BCUT2D eigenvalue weighted by atomic mass is 10.3. The minimum atomic E-state index is -0.229. The van der Waals surface area contributed by atoms with Gasteiger partial charge in [0, 0.05) is 20.2 Å². The summed E-state index contributed by atoms with van der Waals surface area (Å²) in [5.41, 5.74) is 6.58. The number of carbonyl (C=O) groups excluding carboxylic acids is 1. The van der Waals surface area contributed by atoms with Crippen molar-refractivity contribution >= 4 is 28.2 Å². The summed E-state index contributed by atoms with van der Waals surface area (Å²) < 4.78 is 4.91. The second-order valence-electron chi connectivity index (χ2n) is 3.79. The Hall–Kier alpha value is -1.60. The monoisotopic (exact) mass is 270 g/mol. The quantitative estimate of drug-likeness (QED) is 0.510. The van der Waals surface area contributed by atoms with Gasteiger partial charge in [0.2, 0.25) is 0 Å². The molecule has 0 saturated heterocycles. The maximum absolute atomic E-state index is 11.8. The summed E-state index contributed by atoms with van der Waals surface area (Å²) in [5, 5.41) is 6.37. The van der Waals surface area contributed by atoms with E-state index in [4.69, 9.17) is 10.5 Å². The van der Waals surface area contributed by atoms with Gasteiger partial charge in [0.05, 0.1) is 6.61 Å². The lowest BCUT2D eigenvalue weighted by Gasteiger charge is -2.02. The van der Waals surface area contributed by atoms with Crippen molar-refractivity contribution in [2.24, 2.45) is 0 Å². The third kappa shape index (κ3) is 4.34. The summed E-state index contributed by atoms with van der Waals surface area (Å²) >= 11 is 1.23. The molecule has 7 heteroatoms. The van der Waals surface area contributed by atoms with Crippen LogP contribution >= 0.6 is 11.3 Å². The third-order valence-corrected chi connectivity index (χ3v) is 3.02. The molecular formula is C11H18N4O2S. The first-order valence-corrected chi connectivity index (χ1v) is 6.28. The number of anilines is 2. The molecule has 0 atom stereocenters. The van der Waals surface area contributed by atoms with Crippen LogP contribution in [-0.4, -0.2) is 37.7 Å². The van der Waals surface area contributed by atoms with Gasteiger partial charge in [-0.15, -0.1) is 0 Å². The first-order valence-electron chi connectivity index (χ1n) is 5.46. The number of nitrogens with zero attached hydrogens (tertiary/aromatic N) is 1. The van der Waals surface area contributed by atoms with E-state index in [1.165, 1.54) is 11.3 Å². The van der Waals surface area contributed by atoms with E-state index in [-0.39, 0.29) is 11.7 Å². The van der Waals surface area contributed by atoms with Crippen LogP contribution in [0.5, 0.6) is 0 Å². The number of amides is 1. The number of nitrogen functional groups attached to an aromatic ring is 1. The lowest BCUT2D eigenvalue weighted by Crippen LogP contribution is -2.24. The molecule has 0 aromatic carbocycles. The highest BCUT2D eigenvalue weighted by molar-refractivity contribution is 7.18. The molecule has 0 aliphatic heterocycles. The predicted octanol–water partition coefficient (Wildman–Crippen LogP) is 1.09. The highest BCUT2D eigenvalue weighted by atomic mass is 32.1. The molecular weight excluding hydrogens is 252 g/mol. The van der Waals surface area contributed by atoms with Crippen molar-refractivity contribution in [3.05, 3.63) is 17.0 Å². The fourth-order valence-electron chi connectivity index (χ4n) is 1.14. The molecule has 1 amide bonds. The van der Waals surface area contributed by atoms with Crippen molar-refractivity contribution in [1.29, 1.82) is 0 Å². The Morgan fingerprint density at radius 3 is 2.94 bits per heavy atom. The molecule has 0 spiro atoms. The van der Waals surface area contributed by atoms with Gasteiger partial charge in [-0.3, -0.25) is 4.79 Å². The molecule has 0 saturated carbocycles. The standard InChI is InChI=1S/C11H18N4O2S/c1-7(2)6-14-10(16)8-9(12)15-11(18-8)13-4-5-17-3/h1,4-6,12H2,2-3H3,(H,13,15)(H,14,16). The van der Waals surface area contributed by atoms with Crippen LogP contribution < -0.4 is 16.4 Å². The van der Waals surface area contributed by atoms with Crippen LogP contribution in [0.4, 0.5) is 10.9 Å². The normalized spacial score (nSPS) is 10.1. The number of hydrogen-bond acceptors (Lipinski definition) is 6. The van der Waals surface area contributed by atoms with Gasteiger partial charge in [-0.2, -0.15) is 0 Å². The van der Waals surface area contributed by atoms with Gasteiger partial charge >= 0.3 is 0 Å². The minimum Gasteiger partial charge on any atom is -0.383 e. The first kappa shape index (κ1) is 14.5. The van der Waals surface area contributed by atoms with Gasteiger partial charge in [-0.05, 0) is 6.92 Å². The van der Waals surface area contributed by atoms with Crippen LogP contribution in [0.3, 0.4) is 0 Å². The SMILES string of the molecule is C=C(C)CNC(=O)c1sc(NCCOC)nc1N. The number of nitrogens with one attached hydrogen (secondary N) is 2. The van der Waals surface area contributed by atoms with Crippen LogP contribution in [0.25, 0.3) is 0 Å². The maximum Gasteiger partial charge on any atom is 0.265 e. The summed E-state index contributed by atoms with van der Waals surface area (Å²) in [6.45, 7) is 7.18. The summed E-state index contributed by atoms with van der Waals surface area (Å²) in [5.74, 6) is 0.00641. The Kier molecular flexibility index (Phi) is 5.60. The van der Waals surface area contributed by atoms with Gasteiger partial charge < -0.3 is 21.1 Å². The molecule has 1 aromatic heterocycles. The zero-order valence-corrected chi connectivity index (χ0v) is 11.4. The Morgan fingerprint density at radius 1 is 1.61 bits per heavy atom. The van der Waals surface area contributed by atoms with E-state index in [1.54, 1.807) is 7.11 Å². The van der Waals surface area contributed by atoms with Gasteiger partial charge in [0.15, 0.2) is 5.13 Å². The predicted molar refractivity (Wildman–Crippen MR) is 74.0 cm³/mol. The third-order valence-electron chi connectivity index (χ3n) is 1.99. The fourth-order valence-corrected chi connectivity index (χ4v) is 1.97.